The van der Waals surface area contributed by atoms with E-state index in [1.807, 2.05) is 30.7 Å². The van der Waals surface area contributed by atoms with Gasteiger partial charge in [-0.2, -0.15) is 5.26 Å². The van der Waals surface area contributed by atoms with E-state index >= 15 is 0 Å². The number of rotatable bonds is 2. The van der Waals surface area contributed by atoms with E-state index in [1.54, 1.807) is 12.3 Å². The summed E-state index contributed by atoms with van der Waals surface area (Å²) in [6.07, 6.45) is 1.72. The summed E-state index contributed by atoms with van der Waals surface area (Å²) >= 11 is 0. The summed E-state index contributed by atoms with van der Waals surface area (Å²) in [5.41, 5.74) is 8.95. The zero-order valence-corrected chi connectivity index (χ0v) is 23.3. The Morgan fingerprint density at radius 2 is 1.54 bits per heavy atom. The summed E-state index contributed by atoms with van der Waals surface area (Å²) in [5.74, 6) is -0.297. The third-order valence-corrected chi connectivity index (χ3v) is 11.9. The second-order valence-electron chi connectivity index (χ2n) is 11.0. The molecule has 1 aliphatic heterocycles. The van der Waals surface area contributed by atoms with Crippen molar-refractivity contribution < 1.29 is 13.4 Å². The first-order chi connectivity index (χ1) is 18.8. The van der Waals surface area contributed by atoms with Crippen LogP contribution in [-0.4, -0.2) is 8.07 Å². The molecule has 0 spiro atoms. The first-order valence-electron chi connectivity index (χ1n) is 13.1. The molecule has 0 fully saturated rings. The number of benzene rings is 4. The number of aromatic nitrogens is 1. The van der Waals surface area contributed by atoms with E-state index in [-0.39, 0.29) is 5.82 Å². The molecular formula is C34H26FN2OSi+. The molecule has 2 aromatic heterocycles. The van der Waals surface area contributed by atoms with E-state index in [4.69, 9.17) is 4.42 Å². The molecule has 0 saturated heterocycles. The van der Waals surface area contributed by atoms with Gasteiger partial charge in [0.2, 0.25) is 5.69 Å². The lowest BCUT2D eigenvalue weighted by Gasteiger charge is -2.19. The number of aryl methyl sites for hydroxylation is 2. The van der Waals surface area contributed by atoms with E-state index in [1.165, 1.54) is 27.6 Å². The SMILES string of the molecule is Cc1ccc2c(oc3c(-c4ccc5c(c4)[Si](C)(C)c4ccccc4-5)c(C#N)ccc32)c1-c1cc(F)cc[n+]1C. The van der Waals surface area contributed by atoms with Crippen molar-refractivity contribution in [1.29, 1.82) is 5.26 Å². The maximum Gasteiger partial charge on any atom is 0.219 e. The number of hydrogen-bond acceptors (Lipinski definition) is 2. The molecule has 3 nitrogen and oxygen atoms in total. The number of fused-ring (bicyclic) bond motifs is 6. The van der Waals surface area contributed by atoms with Crippen LogP contribution in [-0.2, 0) is 7.05 Å². The van der Waals surface area contributed by atoms with Crippen LogP contribution in [0.25, 0.3) is 55.4 Å². The Kier molecular flexibility index (Phi) is 4.98. The standard InChI is InChI=1S/C34H26FN2OSi/c1-20-9-12-26-27-14-11-22(19-36)32(34(27)38-33(26)31(20)28-18-23(35)15-16-37(28)2)21-10-13-25-24-7-5-6-8-29(24)39(3,4)30(25)17-21/h5-18H,1-4H3/q+1. The Balaban J connectivity index is 1.53. The van der Waals surface area contributed by atoms with Crippen molar-refractivity contribution in [1.82, 2.24) is 0 Å². The molecule has 1 aliphatic rings. The molecule has 39 heavy (non-hydrogen) atoms. The Hall–Kier alpha value is -4.53. The van der Waals surface area contributed by atoms with Gasteiger partial charge in [0.1, 0.15) is 32.1 Å². The van der Waals surface area contributed by atoms with Crippen LogP contribution in [0.2, 0.25) is 13.1 Å². The largest absolute Gasteiger partial charge is 0.454 e. The lowest BCUT2D eigenvalue weighted by atomic mass is 9.94. The highest BCUT2D eigenvalue weighted by Crippen LogP contribution is 2.42. The lowest BCUT2D eigenvalue weighted by molar-refractivity contribution is -0.660. The van der Waals surface area contributed by atoms with Gasteiger partial charge < -0.3 is 4.42 Å². The normalized spacial score (nSPS) is 13.4. The van der Waals surface area contributed by atoms with Gasteiger partial charge in [-0.05, 0) is 51.7 Å². The van der Waals surface area contributed by atoms with Crippen LogP contribution < -0.4 is 14.9 Å². The van der Waals surface area contributed by atoms with Gasteiger partial charge in [-0.3, -0.25) is 0 Å². The maximum atomic E-state index is 14.3. The fourth-order valence-corrected chi connectivity index (χ4v) is 9.45. The van der Waals surface area contributed by atoms with E-state index in [2.05, 4.69) is 73.8 Å². The Morgan fingerprint density at radius 1 is 0.821 bits per heavy atom. The molecule has 0 atom stereocenters. The number of halogens is 1. The van der Waals surface area contributed by atoms with E-state index in [0.29, 0.717) is 16.7 Å². The summed E-state index contributed by atoms with van der Waals surface area (Å²) in [5, 5.41) is 14.9. The second-order valence-corrected chi connectivity index (χ2v) is 15.3. The predicted molar refractivity (Wildman–Crippen MR) is 157 cm³/mol. The van der Waals surface area contributed by atoms with Crippen molar-refractivity contribution in [3.8, 4) is 39.6 Å². The van der Waals surface area contributed by atoms with Crippen molar-refractivity contribution in [2.75, 3.05) is 0 Å². The van der Waals surface area contributed by atoms with E-state index in [9.17, 15) is 9.65 Å². The maximum absolute atomic E-state index is 14.3. The molecule has 0 bridgehead atoms. The molecule has 188 valence electrons. The zero-order valence-electron chi connectivity index (χ0n) is 22.3. The fourth-order valence-electron chi connectivity index (χ4n) is 6.35. The Morgan fingerprint density at radius 3 is 2.33 bits per heavy atom. The van der Waals surface area contributed by atoms with Gasteiger partial charge >= 0.3 is 0 Å². The van der Waals surface area contributed by atoms with Crippen LogP contribution >= 0.6 is 0 Å². The van der Waals surface area contributed by atoms with Gasteiger partial charge in [-0.15, -0.1) is 0 Å². The molecule has 7 rings (SSSR count). The number of nitriles is 1. The summed E-state index contributed by atoms with van der Waals surface area (Å²) in [4.78, 5) is 0. The van der Waals surface area contributed by atoms with E-state index in [0.717, 1.165) is 38.7 Å². The van der Waals surface area contributed by atoms with Gasteiger partial charge in [-0.1, -0.05) is 67.7 Å². The van der Waals surface area contributed by atoms with Crippen LogP contribution in [0.3, 0.4) is 0 Å². The van der Waals surface area contributed by atoms with Gasteiger partial charge in [0.25, 0.3) is 0 Å². The molecule has 0 amide bonds. The topological polar surface area (TPSA) is 40.8 Å². The number of hydrogen-bond donors (Lipinski definition) is 0. The number of nitrogens with zero attached hydrogens (tertiary/aromatic N) is 2. The molecule has 5 heteroatoms. The quantitative estimate of drug-likeness (QED) is 0.183. The second kappa shape index (κ2) is 8.23. The summed E-state index contributed by atoms with van der Waals surface area (Å²) in [6, 6.07) is 28.7. The number of pyridine rings is 1. The van der Waals surface area contributed by atoms with Gasteiger partial charge in [0.05, 0.1) is 17.2 Å². The monoisotopic (exact) mass is 525 g/mol. The minimum atomic E-state index is -1.90. The van der Waals surface area contributed by atoms with Crippen LogP contribution in [0.15, 0.2) is 89.5 Å². The van der Waals surface area contributed by atoms with Crippen LogP contribution in [0, 0.1) is 24.1 Å². The Bertz CT molecular complexity index is 2050. The predicted octanol–water partition coefficient (Wildman–Crippen LogP) is 6.87. The van der Waals surface area contributed by atoms with Crippen molar-refractivity contribution in [2.45, 2.75) is 20.0 Å². The fraction of sp³-hybridized carbons (Fsp3) is 0.118. The van der Waals surface area contributed by atoms with Gasteiger partial charge in [0.15, 0.2) is 6.20 Å². The van der Waals surface area contributed by atoms with Crippen LogP contribution in [0.5, 0.6) is 0 Å². The van der Waals surface area contributed by atoms with Crippen molar-refractivity contribution in [3.05, 3.63) is 102 Å². The molecular weight excluding hydrogens is 499 g/mol. The van der Waals surface area contributed by atoms with Crippen LogP contribution in [0.4, 0.5) is 4.39 Å². The third-order valence-electron chi connectivity index (χ3n) is 8.38. The van der Waals surface area contributed by atoms with Gasteiger partial charge in [-0.25, -0.2) is 8.96 Å². The third kappa shape index (κ3) is 3.28. The first-order valence-corrected chi connectivity index (χ1v) is 16.1. The van der Waals surface area contributed by atoms with Crippen molar-refractivity contribution >= 4 is 40.4 Å². The lowest BCUT2D eigenvalue weighted by Crippen LogP contribution is -2.49. The van der Waals surface area contributed by atoms with Crippen molar-refractivity contribution in [2.24, 2.45) is 7.05 Å². The molecule has 4 aromatic carbocycles. The molecule has 0 aliphatic carbocycles. The Labute approximate surface area is 227 Å². The highest BCUT2D eigenvalue weighted by Gasteiger charge is 2.37. The molecule has 0 unspecified atom stereocenters. The molecule has 3 heterocycles. The molecule has 0 radical (unpaired) electrons. The summed E-state index contributed by atoms with van der Waals surface area (Å²) in [7, 11) is 0.00925. The average molecular weight is 526 g/mol. The average Bonchev–Trinajstić information content (AvgIpc) is 3.42. The molecule has 6 aromatic rings. The molecule has 0 saturated carbocycles. The number of furan rings is 1. The van der Waals surface area contributed by atoms with Crippen molar-refractivity contribution in [3.63, 3.8) is 0 Å². The van der Waals surface area contributed by atoms with Crippen LogP contribution in [0.1, 0.15) is 11.1 Å². The minimum absolute atomic E-state index is 0.297. The first kappa shape index (κ1) is 23.6. The highest BCUT2D eigenvalue weighted by molar-refractivity contribution is 7.03. The highest BCUT2D eigenvalue weighted by atomic mass is 28.3. The molecule has 0 N–H and O–H groups in total. The van der Waals surface area contributed by atoms with Gasteiger partial charge in [0, 0.05) is 28.5 Å². The minimum Gasteiger partial charge on any atom is -0.454 e. The zero-order chi connectivity index (χ0) is 27.1. The smallest absolute Gasteiger partial charge is 0.219 e. The summed E-state index contributed by atoms with van der Waals surface area (Å²) < 4.78 is 23.0. The van der Waals surface area contributed by atoms with E-state index < -0.39 is 8.07 Å². The summed E-state index contributed by atoms with van der Waals surface area (Å²) in [6.45, 7) is 6.80.